The molecule has 0 amide bonds. The first-order valence-electron chi connectivity index (χ1n) is 4.98. The molecule has 15 heavy (non-hydrogen) atoms. The number of rotatable bonds is 3. The van der Waals surface area contributed by atoms with Crippen LogP contribution in [0, 0.1) is 5.92 Å². The topological polar surface area (TPSA) is 46.2 Å². The zero-order valence-electron chi connectivity index (χ0n) is 8.16. The third-order valence-electron chi connectivity index (χ3n) is 2.79. The van der Waals surface area contributed by atoms with Gasteiger partial charge in [-0.05, 0) is 42.5 Å². The highest BCUT2D eigenvalue weighted by molar-refractivity contribution is 9.10. The predicted molar refractivity (Wildman–Crippen MR) is 64.8 cm³/mol. The van der Waals surface area contributed by atoms with Crippen LogP contribution in [0.1, 0.15) is 24.4 Å². The van der Waals surface area contributed by atoms with E-state index >= 15 is 0 Å². The number of nitrogens with two attached hydrogens (primary N) is 1. The molecule has 2 atom stereocenters. The molecule has 1 aliphatic carbocycles. The van der Waals surface area contributed by atoms with Gasteiger partial charge < -0.3 is 10.8 Å². The third-order valence-corrected chi connectivity index (χ3v) is 3.63. The lowest BCUT2D eigenvalue weighted by Crippen LogP contribution is -2.28. The van der Waals surface area contributed by atoms with E-state index in [1.165, 1.54) is 0 Å². The van der Waals surface area contributed by atoms with Gasteiger partial charge in [0.25, 0.3) is 0 Å². The summed E-state index contributed by atoms with van der Waals surface area (Å²) in [6.45, 7) is 0. The molecule has 0 unspecified atom stereocenters. The van der Waals surface area contributed by atoms with Crippen molar-refractivity contribution in [2.24, 2.45) is 11.7 Å². The van der Waals surface area contributed by atoms with Crippen molar-refractivity contribution in [3.05, 3.63) is 33.3 Å². The summed E-state index contributed by atoms with van der Waals surface area (Å²) in [5, 5.41) is 10.5. The molecule has 2 nitrogen and oxygen atoms in total. The molecule has 0 aromatic heterocycles. The average molecular weight is 291 g/mol. The Morgan fingerprint density at radius 3 is 2.73 bits per heavy atom. The van der Waals surface area contributed by atoms with Crippen molar-refractivity contribution in [1.29, 1.82) is 0 Å². The number of hydrogen-bond acceptors (Lipinski definition) is 2. The molecule has 3 N–H and O–H groups in total. The van der Waals surface area contributed by atoms with Crippen LogP contribution in [0.2, 0.25) is 5.02 Å². The van der Waals surface area contributed by atoms with Crippen LogP contribution >= 0.6 is 27.5 Å². The minimum absolute atomic E-state index is 0.357. The Bertz CT molecular complexity index is 368. The van der Waals surface area contributed by atoms with E-state index in [0.717, 1.165) is 22.9 Å². The molecule has 0 bridgehead atoms. The van der Waals surface area contributed by atoms with Crippen molar-refractivity contribution in [1.82, 2.24) is 0 Å². The molecule has 82 valence electrons. The fraction of sp³-hybridized carbons (Fsp3) is 0.455. The summed E-state index contributed by atoms with van der Waals surface area (Å²) in [5.74, 6) is 0.357. The average Bonchev–Trinajstić information content (AvgIpc) is 3.03. The minimum Gasteiger partial charge on any atom is -0.391 e. The smallest absolute Gasteiger partial charge is 0.0761 e. The summed E-state index contributed by atoms with van der Waals surface area (Å²) in [4.78, 5) is 0. The molecule has 0 radical (unpaired) electrons. The normalized spacial score (nSPS) is 20.0. The Hall–Kier alpha value is -0.0900. The van der Waals surface area contributed by atoms with Gasteiger partial charge in [0, 0.05) is 9.50 Å². The van der Waals surface area contributed by atoms with Gasteiger partial charge in [-0.2, -0.15) is 0 Å². The SMILES string of the molecule is N[C@H](c1cc(Br)ccc1Cl)[C@@H](O)C1CC1. The van der Waals surface area contributed by atoms with Gasteiger partial charge in [-0.3, -0.25) is 0 Å². The Labute approximate surface area is 103 Å². The molecule has 0 spiro atoms. The summed E-state index contributed by atoms with van der Waals surface area (Å²) < 4.78 is 0.931. The van der Waals surface area contributed by atoms with Crippen LogP contribution in [0.15, 0.2) is 22.7 Å². The molecule has 1 saturated carbocycles. The molecule has 1 aromatic carbocycles. The maximum Gasteiger partial charge on any atom is 0.0761 e. The lowest BCUT2D eigenvalue weighted by molar-refractivity contribution is 0.122. The molecular weight excluding hydrogens is 277 g/mol. The summed E-state index contributed by atoms with van der Waals surface area (Å²) in [5.41, 5.74) is 6.80. The number of halogens is 2. The van der Waals surface area contributed by atoms with Gasteiger partial charge in [-0.25, -0.2) is 0 Å². The molecule has 1 aliphatic rings. The fourth-order valence-electron chi connectivity index (χ4n) is 1.68. The first-order valence-corrected chi connectivity index (χ1v) is 6.15. The molecule has 0 saturated heterocycles. The number of aliphatic hydroxyl groups excluding tert-OH is 1. The van der Waals surface area contributed by atoms with E-state index in [-0.39, 0.29) is 6.04 Å². The maximum absolute atomic E-state index is 9.93. The van der Waals surface area contributed by atoms with E-state index in [4.69, 9.17) is 17.3 Å². The van der Waals surface area contributed by atoms with Crippen molar-refractivity contribution in [2.45, 2.75) is 25.0 Å². The van der Waals surface area contributed by atoms with E-state index < -0.39 is 6.10 Å². The highest BCUT2D eigenvalue weighted by Gasteiger charge is 2.34. The Morgan fingerprint density at radius 2 is 2.13 bits per heavy atom. The molecular formula is C11H13BrClNO. The highest BCUT2D eigenvalue weighted by atomic mass is 79.9. The second-order valence-electron chi connectivity index (χ2n) is 4.02. The zero-order chi connectivity index (χ0) is 11.0. The minimum atomic E-state index is -0.475. The molecule has 2 rings (SSSR count). The fourth-order valence-corrected chi connectivity index (χ4v) is 2.31. The first kappa shape index (κ1) is 11.4. The summed E-state index contributed by atoms with van der Waals surface area (Å²) >= 11 is 9.42. The summed E-state index contributed by atoms with van der Waals surface area (Å²) in [6.07, 6.45) is 1.66. The maximum atomic E-state index is 9.93. The van der Waals surface area contributed by atoms with Gasteiger partial charge in [0.05, 0.1) is 12.1 Å². The Morgan fingerprint density at radius 1 is 1.47 bits per heavy atom. The number of hydrogen-bond donors (Lipinski definition) is 2. The van der Waals surface area contributed by atoms with Gasteiger partial charge in [-0.1, -0.05) is 27.5 Å². The van der Waals surface area contributed by atoms with E-state index in [9.17, 15) is 5.11 Å². The predicted octanol–water partition coefficient (Wildman–Crippen LogP) is 2.87. The molecule has 4 heteroatoms. The standard InChI is InChI=1S/C11H13BrClNO/c12-7-3-4-9(13)8(5-7)10(14)11(15)6-1-2-6/h3-6,10-11,15H,1-2,14H2/t10-,11+/m1/s1. The largest absolute Gasteiger partial charge is 0.391 e. The Kier molecular flexibility index (Phi) is 3.36. The Balaban J connectivity index is 2.23. The van der Waals surface area contributed by atoms with Crippen LogP contribution in [0.5, 0.6) is 0 Å². The van der Waals surface area contributed by atoms with Gasteiger partial charge in [0.1, 0.15) is 0 Å². The van der Waals surface area contributed by atoms with Crippen LogP contribution in [0.3, 0.4) is 0 Å². The monoisotopic (exact) mass is 289 g/mol. The van der Waals surface area contributed by atoms with Crippen molar-refractivity contribution < 1.29 is 5.11 Å². The van der Waals surface area contributed by atoms with Crippen molar-refractivity contribution >= 4 is 27.5 Å². The van der Waals surface area contributed by atoms with Crippen LogP contribution in [-0.2, 0) is 0 Å². The lowest BCUT2D eigenvalue weighted by atomic mass is 9.99. The second-order valence-corrected chi connectivity index (χ2v) is 5.34. The first-order chi connectivity index (χ1) is 7.09. The van der Waals surface area contributed by atoms with Crippen LogP contribution in [0.25, 0.3) is 0 Å². The molecule has 1 fully saturated rings. The van der Waals surface area contributed by atoms with E-state index in [0.29, 0.717) is 10.9 Å². The quantitative estimate of drug-likeness (QED) is 0.899. The highest BCUT2D eigenvalue weighted by Crippen LogP contribution is 2.38. The van der Waals surface area contributed by atoms with Gasteiger partial charge >= 0.3 is 0 Å². The molecule has 0 heterocycles. The molecule has 0 aliphatic heterocycles. The summed E-state index contributed by atoms with van der Waals surface area (Å²) in [7, 11) is 0. The lowest BCUT2D eigenvalue weighted by Gasteiger charge is -2.20. The van der Waals surface area contributed by atoms with Gasteiger partial charge in [-0.15, -0.1) is 0 Å². The van der Waals surface area contributed by atoms with Gasteiger partial charge in [0.2, 0.25) is 0 Å². The summed E-state index contributed by atoms with van der Waals surface area (Å²) in [6, 6.07) is 5.14. The van der Waals surface area contributed by atoms with E-state index in [1.54, 1.807) is 6.07 Å². The van der Waals surface area contributed by atoms with Crippen molar-refractivity contribution in [2.75, 3.05) is 0 Å². The van der Waals surface area contributed by atoms with Crippen molar-refractivity contribution in [3.8, 4) is 0 Å². The van der Waals surface area contributed by atoms with Crippen molar-refractivity contribution in [3.63, 3.8) is 0 Å². The third kappa shape index (κ3) is 2.53. The van der Waals surface area contributed by atoms with Crippen LogP contribution in [0.4, 0.5) is 0 Å². The number of benzene rings is 1. The van der Waals surface area contributed by atoms with E-state index in [1.807, 2.05) is 12.1 Å². The van der Waals surface area contributed by atoms with Crippen LogP contribution in [-0.4, -0.2) is 11.2 Å². The zero-order valence-corrected chi connectivity index (χ0v) is 10.5. The van der Waals surface area contributed by atoms with Crippen LogP contribution < -0.4 is 5.73 Å². The van der Waals surface area contributed by atoms with E-state index in [2.05, 4.69) is 15.9 Å². The molecule has 1 aromatic rings. The second kappa shape index (κ2) is 4.42. The van der Waals surface area contributed by atoms with Gasteiger partial charge in [0.15, 0.2) is 0 Å². The number of aliphatic hydroxyl groups is 1.